The Morgan fingerprint density at radius 3 is 2.72 bits per heavy atom. The van der Waals surface area contributed by atoms with E-state index < -0.39 is 16.0 Å². The highest BCUT2D eigenvalue weighted by atomic mass is 32.2. The molecular weight excluding hydrogens is 418 g/mol. The lowest BCUT2D eigenvalue weighted by Gasteiger charge is -2.11. The fraction of sp³-hybridized carbons (Fsp3) is 0.278. The highest BCUT2D eigenvalue weighted by Gasteiger charge is 2.23. The number of nitrogens with zero attached hydrogens (tertiary/aromatic N) is 1. The molecule has 1 aliphatic rings. The Kier molecular flexibility index (Phi) is 6.18. The molecule has 0 bridgehead atoms. The van der Waals surface area contributed by atoms with Crippen LogP contribution >= 0.6 is 12.2 Å². The number of ether oxygens (including phenoxy) is 2. The first-order valence-corrected chi connectivity index (χ1v) is 10.5. The van der Waals surface area contributed by atoms with Crippen LogP contribution in [0, 0.1) is 0 Å². The van der Waals surface area contributed by atoms with Crippen molar-refractivity contribution in [1.29, 1.82) is 0 Å². The summed E-state index contributed by atoms with van der Waals surface area (Å²) in [6.45, 7) is 0. The maximum atomic E-state index is 12.6. The van der Waals surface area contributed by atoms with Crippen LogP contribution in [-0.4, -0.2) is 33.7 Å². The number of aryl methyl sites for hydroxylation is 1. The van der Waals surface area contributed by atoms with Crippen molar-refractivity contribution in [2.24, 2.45) is 5.10 Å². The van der Waals surface area contributed by atoms with E-state index in [1.54, 1.807) is 13.2 Å². The molecule has 0 fully saturated rings. The zero-order valence-electron chi connectivity index (χ0n) is 15.7. The second-order valence-electron chi connectivity index (χ2n) is 6.05. The van der Waals surface area contributed by atoms with Crippen molar-refractivity contribution in [1.82, 2.24) is 10.1 Å². The van der Waals surface area contributed by atoms with Gasteiger partial charge in [0, 0.05) is 18.1 Å². The molecule has 3 rings (SSSR count). The first-order valence-electron chi connectivity index (χ1n) is 8.59. The van der Waals surface area contributed by atoms with Crippen LogP contribution in [0.15, 0.2) is 44.7 Å². The van der Waals surface area contributed by atoms with Crippen molar-refractivity contribution in [2.45, 2.75) is 24.2 Å². The van der Waals surface area contributed by atoms with Gasteiger partial charge in [-0.1, -0.05) is 12.1 Å². The van der Waals surface area contributed by atoms with E-state index in [2.05, 4.69) is 20.0 Å². The molecule has 1 heterocycles. The molecule has 154 valence electrons. The van der Waals surface area contributed by atoms with Gasteiger partial charge in [0.15, 0.2) is 0 Å². The van der Waals surface area contributed by atoms with Gasteiger partial charge in [-0.05, 0) is 37.2 Å². The molecule has 0 aliphatic heterocycles. The number of benzene rings is 1. The molecule has 1 aromatic heterocycles. The lowest BCUT2D eigenvalue weighted by molar-refractivity contribution is 0.0596. The monoisotopic (exact) mass is 437 g/mol. The quantitative estimate of drug-likeness (QED) is 0.407. The van der Waals surface area contributed by atoms with Crippen LogP contribution < -0.4 is 20.4 Å². The predicted octanol–water partition coefficient (Wildman–Crippen LogP) is 1.23. The Hall–Kier alpha value is -2.92. The molecule has 0 radical (unpaired) electrons. The average Bonchev–Trinajstić information content (AvgIpc) is 3.19. The molecule has 2 N–H and O–H groups in total. The zero-order chi connectivity index (χ0) is 21.0. The SMILES string of the molecule is COC(=O)c1ccccc1S(=O)(=O)NC(=S)NN=c1cc(OC)c2c(o1)CCC2. The first-order chi connectivity index (χ1) is 13.9. The van der Waals surface area contributed by atoms with Crippen molar-refractivity contribution >= 4 is 33.3 Å². The topological polar surface area (TPSA) is 119 Å². The van der Waals surface area contributed by atoms with Crippen LogP contribution in [0.1, 0.15) is 28.1 Å². The van der Waals surface area contributed by atoms with Gasteiger partial charge in [-0.3, -0.25) is 4.72 Å². The maximum Gasteiger partial charge on any atom is 0.339 e. The van der Waals surface area contributed by atoms with Crippen LogP contribution in [0.25, 0.3) is 0 Å². The minimum absolute atomic E-state index is 0.111. The van der Waals surface area contributed by atoms with E-state index in [1.807, 2.05) is 0 Å². The fourth-order valence-corrected chi connectivity index (χ4v) is 4.44. The summed E-state index contributed by atoms with van der Waals surface area (Å²) in [5.74, 6) is 0.657. The van der Waals surface area contributed by atoms with Crippen molar-refractivity contribution in [3.63, 3.8) is 0 Å². The molecule has 0 atom stereocenters. The van der Waals surface area contributed by atoms with Gasteiger partial charge in [-0.25, -0.2) is 18.6 Å². The van der Waals surface area contributed by atoms with Crippen molar-refractivity contribution in [2.75, 3.05) is 14.2 Å². The Balaban J connectivity index is 1.80. The van der Waals surface area contributed by atoms with Gasteiger partial charge in [-0.2, -0.15) is 0 Å². The van der Waals surface area contributed by atoms with E-state index in [9.17, 15) is 13.2 Å². The van der Waals surface area contributed by atoms with E-state index in [1.165, 1.54) is 31.4 Å². The molecule has 0 unspecified atom stereocenters. The number of hydrogen-bond donors (Lipinski definition) is 2. The molecule has 0 spiro atoms. The number of hydrogen-bond acceptors (Lipinski definition) is 8. The molecule has 1 aromatic carbocycles. The third-order valence-corrected chi connectivity index (χ3v) is 5.97. The standard InChI is InChI=1S/C18H19N3O6S2/c1-25-14-10-16(27-13-8-5-7-11(13)14)19-20-18(28)21-29(23,24)15-9-4-3-6-12(15)17(22)26-2/h3-4,6,9-10H,5,7-8H2,1-2H3,(H2,20,21,28). The van der Waals surface area contributed by atoms with E-state index in [-0.39, 0.29) is 21.1 Å². The largest absolute Gasteiger partial charge is 0.496 e. The second-order valence-corrected chi connectivity index (χ2v) is 8.11. The summed E-state index contributed by atoms with van der Waals surface area (Å²) < 4.78 is 43.1. The highest BCUT2D eigenvalue weighted by molar-refractivity contribution is 7.92. The van der Waals surface area contributed by atoms with Crippen LogP contribution in [-0.2, 0) is 27.6 Å². The van der Waals surface area contributed by atoms with Crippen molar-refractivity contribution in [3.8, 4) is 5.75 Å². The summed E-state index contributed by atoms with van der Waals surface area (Å²) in [5, 5.41) is 3.70. The maximum absolute atomic E-state index is 12.6. The number of esters is 1. The molecule has 0 saturated carbocycles. The third-order valence-electron chi connectivity index (χ3n) is 4.24. The number of fused-ring (bicyclic) bond motifs is 1. The Labute approximate surface area is 172 Å². The number of carbonyl (C=O) groups is 1. The lowest BCUT2D eigenvalue weighted by Crippen LogP contribution is -2.38. The van der Waals surface area contributed by atoms with Gasteiger partial charge in [0.1, 0.15) is 16.4 Å². The number of sulfonamides is 1. The molecule has 0 amide bonds. The Morgan fingerprint density at radius 2 is 2.00 bits per heavy atom. The minimum atomic E-state index is -4.14. The first kappa shape index (κ1) is 20.8. The number of nitrogens with one attached hydrogen (secondary N) is 2. The summed E-state index contributed by atoms with van der Waals surface area (Å²) in [4.78, 5) is 11.6. The number of thiocarbonyl (C=S) groups is 1. The van der Waals surface area contributed by atoms with Crippen LogP contribution in [0.2, 0.25) is 0 Å². The van der Waals surface area contributed by atoms with E-state index in [0.29, 0.717) is 5.75 Å². The van der Waals surface area contributed by atoms with E-state index >= 15 is 0 Å². The summed E-state index contributed by atoms with van der Waals surface area (Å²) in [5.41, 5.74) is 3.52. The van der Waals surface area contributed by atoms with Crippen LogP contribution in [0.4, 0.5) is 0 Å². The second kappa shape index (κ2) is 8.62. The van der Waals surface area contributed by atoms with Crippen LogP contribution in [0.3, 0.4) is 0 Å². The number of carbonyl (C=O) groups excluding carboxylic acids is 1. The zero-order valence-corrected chi connectivity index (χ0v) is 17.4. The van der Waals surface area contributed by atoms with Gasteiger partial charge >= 0.3 is 5.97 Å². The van der Waals surface area contributed by atoms with E-state index in [0.717, 1.165) is 30.6 Å². The minimum Gasteiger partial charge on any atom is -0.496 e. The smallest absolute Gasteiger partial charge is 0.339 e. The van der Waals surface area contributed by atoms with Gasteiger partial charge in [0.05, 0.1) is 19.8 Å². The van der Waals surface area contributed by atoms with Crippen LogP contribution in [0.5, 0.6) is 5.75 Å². The predicted molar refractivity (Wildman–Crippen MR) is 107 cm³/mol. The fourth-order valence-electron chi connectivity index (χ4n) is 2.97. The summed E-state index contributed by atoms with van der Waals surface area (Å²) >= 11 is 5.01. The Bertz CT molecular complexity index is 1120. The van der Waals surface area contributed by atoms with Gasteiger partial charge in [0.25, 0.3) is 10.0 Å². The van der Waals surface area contributed by atoms with Crippen molar-refractivity contribution in [3.05, 3.63) is 52.8 Å². The molecule has 2 aromatic rings. The molecule has 9 nitrogen and oxygen atoms in total. The van der Waals surface area contributed by atoms with Gasteiger partial charge in [-0.15, -0.1) is 5.10 Å². The number of methoxy groups -OCH3 is 2. The van der Waals surface area contributed by atoms with Crippen molar-refractivity contribution < 1.29 is 27.1 Å². The highest BCUT2D eigenvalue weighted by Crippen LogP contribution is 2.28. The molecule has 1 aliphatic carbocycles. The summed E-state index contributed by atoms with van der Waals surface area (Å²) in [7, 11) is -1.42. The molecular formula is C18H19N3O6S2. The number of rotatable bonds is 5. The lowest BCUT2D eigenvalue weighted by atomic mass is 10.2. The molecule has 0 saturated heterocycles. The van der Waals surface area contributed by atoms with E-state index in [4.69, 9.17) is 21.4 Å². The summed E-state index contributed by atoms with van der Waals surface area (Å²) in [6, 6.07) is 7.23. The Morgan fingerprint density at radius 1 is 1.24 bits per heavy atom. The molecule has 29 heavy (non-hydrogen) atoms. The molecule has 11 heteroatoms. The third kappa shape index (κ3) is 4.57. The summed E-state index contributed by atoms with van der Waals surface area (Å²) in [6.07, 6.45) is 2.61. The van der Waals surface area contributed by atoms with Gasteiger partial charge < -0.3 is 13.9 Å². The average molecular weight is 437 g/mol. The normalized spacial score (nSPS) is 13.5. The van der Waals surface area contributed by atoms with Gasteiger partial charge in [0.2, 0.25) is 10.7 Å².